The van der Waals surface area contributed by atoms with E-state index in [1.165, 1.54) is 0 Å². The number of hydrogen-bond acceptors (Lipinski definition) is 1. The highest BCUT2D eigenvalue weighted by Crippen LogP contribution is 2.09. The molecule has 0 spiro atoms. The first-order chi connectivity index (χ1) is 5.33. The Hall–Kier alpha value is -0.820. The van der Waals surface area contributed by atoms with E-state index < -0.39 is 6.10 Å². The van der Waals surface area contributed by atoms with Crippen molar-refractivity contribution in [1.29, 1.82) is 0 Å². The monoisotopic (exact) mass is 150 g/mol. The quantitative estimate of drug-likeness (QED) is 0.567. The summed E-state index contributed by atoms with van der Waals surface area (Å²) in [5, 5.41) is 9.22. The van der Waals surface area contributed by atoms with Gasteiger partial charge in [0.05, 0.1) is 6.10 Å². The van der Waals surface area contributed by atoms with Crippen molar-refractivity contribution < 1.29 is 5.11 Å². The SMILES string of the molecule is CC[C@@H]1C=CC=C[C@@H](O)C=C1. The predicted molar refractivity (Wildman–Crippen MR) is 47.2 cm³/mol. The predicted octanol–water partition coefficient (Wildman–Crippen LogP) is 2.06. The molecule has 1 rings (SSSR count). The zero-order chi connectivity index (χ0) is 8.10. The molecule has 0 bridgehead atoms. The Morgan fingerprint density at radius 3 is 2.55 bits per heavy atom. The molecule has 0 radical (unpaired) electrons. The molecule has 0 fully saturated rings. The zero-order valence-corrected chi connectivity index (χ0v) is 6.77. The lowest BCUT2D eigenvalue weighted by molar-refractivity contribution is 0.271. The summed E-state index contributed by atoms with van der Waals surface area (Å²) in [6.07, 6.45) is 12.3. The molecule has 2 atom stereocenters. The van der Waals surface area contributed by atoms with Gasteiger partial charge >= 0.3 is 0 Å². The van der Waals surface area contributed by atoms with E-state index in [0.717, 1.165) is 6.42 Å². The van der Waals surface area contributed by atoms with E-state index in [4.69, 9.17) is 0 Å². The number of aliphatic hydroxyl groups is 1. The van der Waals surface area contributed by atoms with Gasteiger partial charge in [0, 0.05) is 0 Å². The van der Waals surface area contributed by atoms with Gasteiger partial charge in [0.2, 0.25) is 0 Å². The van der Waals surface area contributed by atoms with Gasteiger partial charge in [0.25, 0.3) is 0 Å². The molecule has 1 heteroatoms. The van der Waals surface area contributed by atoms with Gasteiger partial charge in [0.1, 0.15) is 0 Å². The summed E-state index contributed by atoms with van der Waals surface area (Å²) in [5.41, 5.74) is 0. The highest BCUT2D eigenvalue weighted by Gasteiger charge is 1.98. The van der Waals surface area contributed by atoms with E-state index >= 15 is 0 Å². The van der Waals surface area contributed by atoms with Crippen molar-refractivity contribution in [2.24, 2.45) is 5.92 Å². The fourth-order valence-corrected chi connectivity index (χ4v) is 1.04. The van der Waals surface area contributed by atoms with Crippen molar-refractivity contribution in [3.63, 3.8) is 0 Å². The Morgan fingerprint density at radius 2 is 1.82 bits per heavy atom. The molecule has 11 heavy (non-hydrogen) atoms. The molecular weight excluding hydrogens is 136 g/mol. The van der Waals surface area contributed by atoms with Crippen LogP contribution in [0.3, 0.4) is 0 Å². The summed E-state index contributed by atoms with van der Waals surface area (Å²) in [6, 6.07) is 0. The van der Waals surface area contributed by atoms with Crippen LogP contribution in [0.15, 0.2) is 36.5 Å². The third-order valence-electron chi connectivity index (χ3n) is 1.80. The Labute approximate surface area is 67.7 Å². The molecule has 60 valence electrons. The standard InChI is InChI=1S/C10H14O/c1-2-9-5-3-4-6-10(11)8-7-9/h3-11H,2H2,1H3/t9-,10-/m1/s1. The smallest absolute Gasteiger partial charge is 0.0905 e. The molecule has 0 aromatic rings. The first-order valence-corrected chi connectivity index (χ1v) is 4.04. The van der Waals surface area contributed by atoms with Crippen molar-refractivity contribution in [2.75, 3.05) is 0 Å². The van der Waals surface area contributed by atoms with Crippen LogP contribution in [-0.4, -0.2) is 11.2 Å². The van der Waals surface area contributed by atoms with E-state index in [-0.39, 0.29) is 0 Å². The van der Waals surface area contributed by atoms with Crippen LogP contribution in [0.5, 0.6) is 0 Å². The minimum atomic E-state index is -0.408. The van der Waals surface area contributed by atoms with Gasteiger partial charge in [-0.1, -0.05) is 43.4 Å². The van der Waals surface area contributed by atoms with Gasteiger partial charge in [-0.3, -0.25) is 0 Å². The summed E-state index contributed by atoms with van der Waals surface area (Å²) in [6.45, 7) is 2.14. The molecule has 1 aliphatic carbocycles. The molecule has 0 aromatic heterocycles. The maximum atomic E-state index is 9.22. The molecule has 1 N–H and O–H groups in total. The van der Waals surface area contributed by atoms with Gasteiger partial charge in [-0.15, -0.1) is 0 Å². The lowest BCUT2D eigenvalue weighted by Gasteiger charge is -2.05. The first kappa shape index (κ1) is 8.28. The topological polar surface area (TPSA) is 20.2 Å². The Morgan fingerprint density at radius 1 is 1.09 bits per heavy atom. The summed E-state index contributed by atoms with van der Waals surface area (Å²) in [4.78, 5) is 0. The van der Waals surface area contributed by atoms with Crippen molar-refractivity contribution in [3.05, 3.63) is 36.5 Å². The molecule has 0 aromatic carbocycles. The summed E-state index contributed by atoms with van der Waals surface area (Å²) in [5.74, 6) is 0.481. The minimum absolute atomic E-state index is 0.408. The van der Waals surface area contributed by atoms with Gasteiger partial charge < -0.3 is 5.11 Å². The van der Waals surface area contributed by atoms with Crippen molar-refractivity contribution >= 4 is 0 Å². The highest BCUT2D eigenvalue weighted by atomic mass is 16.3. The fourth-order valence-electron chi connectivity index (χ4n) is 1.04. The third-order valence-corrected chi connectivity index (χ3v) is 1.80. The molecule has 0 heterocycles. The fraction of sp³-hybridized carbons (Fsp3) is 0.400. The second-order valence-corrected chi connectivity index (χ2v) is 2.72. The Balaban J connectivity index is 2.67. The number of rotatable bonds is 1. The average molecular weight is 150 g/mol. The minimum Gasteiger partial charge on any atom is -0.385 e. The van der Waals surface area contributed by atoms with Crippen LogP contribution in [0.4, 0.5) is 0 Å². The van der Waals surface area contributed by atoms with Crippen LogP contribution in [0, 0.1) is 5.92 Å². The number of aliphatic hydroxyl groups excluding tert-OH is 1. The number of allylic oxidation sites excluding steroid dienone is 4. The maximum Gasteiger partial charge on any atom is 0.0905 e. The largest absolute Gasteiger partial charge is 0.385 e. The van der Waals surface area contributed by atoms with Gasteiger partial charge in [-0.05, 0) is 12.3 Å². The molecule has 0 saturated heterocycles. The highest BCUT2D eigenvalue weighted by molar-refractivity contribution is 5.16. The summed E-state index contributed by atoms with van der Waals surface area (Å²) in [7, 11) is 0. The molecule has 1 aliphatic rings. The number of hydrogen-bond donors (Lipinski definition) is 1. The van der Waals surface area contributed by atoms with Crippen LogP contribution in [0.1, 0.15) is 13.3 Å². The summed E-state index contributed by atoms with van der Waals surface area (Å²) >= 11 is 0. The lowest BCUT2D eigenvalue weighted by atomic mass is 10.0. The van der Waals surface area contributed by atoms with E-state index in [0.29, 0.717) is 5.92 Å². The van der Waals surface area contributed by atoms with Gasteiger partial charge in [-0.2, -0.15) is 0 Å². The molecule has 0 saturated carbocycles. The molecule has 0 aliphatic heterocycles. The van der Waals surface area contributed by atoms with Crippen LogP contribution >= 0.6 is 0 Å². The van der Waals surface area contributed by atoms with E-state index in [9.17, 15) is 5.11 Å². The second-order valence-electron chi connectivity index (χ2n) is 2.72. The normalized spacial score (nSPS) is 30.0. The molecule has 0 unspecified atom stereocenters. The van der Waals surface area contributed by atoms with Crippen molar-refractivity contribution in [2.45, 2.75) is 19.4 Å². The van der Waals surface area contributed by atoms with E-state index in [1.54, 1.807) is 6.08 Å². The second kappa shape index (κ2) is 4.14. The van der Waals surface area contributed by atoms with E-state index in [1.807, 2.05) is 24.3 Å². The Kier molecular flexibility index (Phi) is 3.12. The first-order valence-electron chi connectivity index (χ1n) is 4.04. The van der Waals surface area contributed by atoms with Crippen molar-refractivity contribution in [3.8, 4) is 0 Å². The van der Waals surface area contributed by atoms with Crippen LogP contribution in [-0.2, 0) is 0 Å². The molecular formula is C10H14O. The van der Waals surface area contributed by atoms with Crippen LogP contribution in [0.2, 0.25) is 0 Å². The lowest BCUT2D eigenvalue weighted by Crippen LogP contribution is -1.99. The van der Waals surface area contributed by atoms with Gasteiger partial charge in [0.15, 0.2) is 0 Å². The molecule has 1 nitrogen and oxygen atoms in total. The molecule has 0 amide bonds. The van der Waals surface area contributed by atoms with Crippen molar-refractivity contribution in [1.82, 2.24) is 0 Å². The summed E-state index contributed by atoms with van der Waals surface area (Å²) < 4.78 is 0. The van der Waals surface area contributed by atoms with E-state index in [2.05, 4.69) is 13.0 Å². The van der Waals surface area contributed by atoms with Crippen LogP contribution in [0.25, 0.3) is 0 Å². The third kappa shape index (κ3) is 2.72. The zero-order valence-electron chi connectivity index (χ0n) is 6.77. The van der Waals surface area contributed by atoms with Crippen LogP contribution < -0.4 is 0 Å². The maximum absolute atomic E-state index is 9.22. The average Bonchev–Trinajstić information content (AvgIpc) is 1.98. The Bertz CT molecular complexity index is 189. The van der Waals surface area contributed by atoms with Gasteiger partial charge in [-0.25, -0.2) is 0 Å².